The molecule has 1 atom stereocenters. The number of ether oxygens (including phenoxy) is 1. The predicted octanol–water partition coefficient (Wildman–Crippen LogP) is 10.8. The molecule has 1 unspecified atom stereocenters. The molecule has 0 fully saturated rings. The van der Waals surface area contributed by atoms with Gasteiger partial charge in [-0.2, -0.15) is 0 Å². The molecule has 0 aromatic carbocycles. The Balaban J connectivity index is 4.06. The number of aliphatic hydroxyl groups excluding tert-OH is 2. The predicted molar refractivity (Wildman–Crippen MR) is 186 cm³/mol. The van der Waals surface area contributed by atoms with Gasteiger partial charge in [0.2, 0.25) is 0 Å². The van der Waals surface area contributed by atoms with Gasteiger partial charge in [0.25, 0.3) is 0 Å². The molecule has 2 N–H and O–H groups in total. The monoisotopic (exact) mass is 598 g/mol. The molecule has 246 valence electrons. The van der Waals surface area contributed by atoms with E-state index in [-0.39, 0.29) is 19.2 Å². The van der Waals surface area contributed by atoms with Crippen molar-refractivity contribution >= 4 is 5.97 Å². The van der Waals surface area contributed by atoms with E-state index < -0.39 is 6.10 Å². The van der Waals surface area contributed by atoms with Gasteiger partial charge in [-0.25, -0.2) is 0 Å². The summed E-state index contributed by atoms with van der Waals surface area (Å²) < 4.78 is 4.91. The van der Waals surface area contributed by atoms with E-state index in [1.807, 2.05) is 0 Å². The fourth-order valence-corrected chi connectivity index (χ4v) is 4.60. The molecule has 0 aromatic heterocycles. The Hall–Kier alpha value is -2.17. The lowest BCUT2D eigenvalue weighted by atomic mass is 10.1. The third-order valence-corrected chi connectivity index (χ3v) is 7.36. The first-order valence-electron chi connectivity index (χ1n) is 17.6. The molecule has 0 aliphatic rings. The zero-order chi connectivity index (χ0) is 31.5. The number of hydrogen-bond donors (Lipinski definition) is 2. The van der Waals surface area contributed by atoms with Crippen LogP contribution in [0.25, 0.3) is 0 Å². The summed E-state index contributed by atoms with van der Waals surface area (Å²) in [6.07, 6.45) is 48.3. The maximum absolute atomic E-state index is 11.6. The fourth-order valence-electron chi connectivity index (χ4n) is 4.60. The standard InChI is InChI=1S/C39H66O4/c1-3-5-7-8-9-10-11-12-13-14-15-16-18-21-24-28-32-37(31-27-6-4-2)33-29-25-22-19-17-20-23-26-30-34-39(42)43-36-38(41)35-40/h16,18,21-22,24-25,28-29,31-33,38,40-41H,3-15,17,19-20,23,26-27,30,34-36H2,1-2H3. The number of allylic oxidation sites excluding steroid dienone is 12. The van der Waals surface area contributed by atoms with Crippen molar-refractivity contribution in [2.45, 2.75) is 155 Å². The lowest BCUT2D eigenvalue weighted by Gasteiger charge is -2.08. The molecule has 0 bridgehead atoms. The highest BCUT2D eigenvalue weighted by Gasteiger charge is 2.07. The zero-order valence-electron chi connectivity index (χ0n) is 27.9. The van der Waals surface area contributed by atoms with Crippen molar-refractivity contribution in [2.24, 2.45) is 0 Å². The Kier molecular flexibility index (Phi) is 32.6. The van der Waals surface area contributed by atoms with Crippen molar-refractivity contribution in [3.8, 4) is 0 Å². The van der Waals surface area contributed by atoms with E-state index in [0.717, 1.165) is 44.9 Å². The molecule has 43 heavy (non-hydrogen) atoms. The summed E-state index contributed by atoms with van der Waals surface area (Å²) in [5.74, 6) is -0.303. The van der Waals surface area contributed by atoms with E-state index in [2.05, 4.69) is 80.7 Å². The second kappa shape index (κ2) is 34.3. The van der Waals surface area contributed by atoms with Crippen LogP contribution in [-0.4, -0.2) is 35.5 Å². The van der Waals surface area contributed by atoms with E-state index in [9.17, 15) is 9.90 Å². The molecule has 0 saturated carbocycles. The largest absolute Gasteiger partial charge is 0.463 e. The van der Waals surface area contributed by atoms with Gasteiger partial charge in [0.15, 0.2) is 0 Å². The van der Waals surface area contributed by atoms with E-state index in [4.69, 9.17) is 9.84 Å². The third-order valence-electron chi connectivity index (χ3n) is 7.36. The molecule has 0 aromatic rings. The topological polar surface area (TPSA) is 66.8 Å². The Bertz CT molecular complexity index is 787. The lowest BCUT2D eigenvalue weighted by molar-refractivity contribution is -0.147. The van der Waals surface area contributed by atoms with Crippen LogP contribution >= 0.6 is 0 Å². The average Bonchev–Trinajstić information content (AvgIpc) is 3.01. The summed E-state index contributed by atoms with van der Waals surface area (Å²) >= 11 is 0. The fraction of sp³-hybridized carbons (Fsp3) is 0.667. The minimum absolute atomic E-state index is 0.128. The third kappa shape index (κ3) is 32.6. The second-order valence-electron chi connectivity index (χ2n) is 11.6. The smallest absolute Gasteiger partial charge is 0.305 e. The van der Waals surface area contributed by atoms with Crippen LogP contribution in [0, 0.1) is 0 Å². The molecule has 4 heteroatoms. The number of carbonyl (C=O) groups is 1. The number of aliphatic hydroxyl groups is 2. The molecule has 0 rings (SSSR count). The number of rotatable bonds is 30. The van der Waals surface area contributed by atoms with Gasteiger partial charge in [-0.1, -0.05) is 171 Å². The number of unbranched alkanes of at least 4 members (excludes halogenated alkanes) is 17. The van der Waals surface area contributed by atoms with E-state index in [1.54, 1.807) is 0 Å². The molecule has 4 nitrogen and oxygen atoms in total. The summed E-state index contributed by atoms with van der Waals surface area (Å²) in [4.78, 5) is 11.6. The Morgan fingerprint density at radius 2 is 1.09 bits per heavy atom. The highest BCUT2D eigenvalue weighted by Crippen LogP contribution is 2.12. The van der Waals surface area contributed by atoms with Gasteiger partial charge in [0.1, 0.15) is 12.7 Å². The van der Waals surface area contributed by atoms with Gasteiger partial charge in [-0.05, 0) is 44.1 Å². The van der Waals surface area contributed by atoms with Crippen molar-refractivity contribution in [1.29, 1.82) is 0 Å². The first-order chi connectivity index (χ1) is 21.1. The number of esters is 1. The number of carbonyl (C=O) groups excluding carboxylic acids is 1. The molecule has 0 saturated heterocycles. The molecule has 0 radical (unpaired) electrons. The Morgan fingerprint density at radius 3 is 1.67 bits per heavy atom. The van der Waals surface area contributed by atoms with Gasteiger partial charge in [0.05, 0.1) is 6.61 Å². The van der Waals surface area contributed by atoms with Crippen LogP contribution in [-0.2, 0) is 9.53 Å². The molecular weight excluding hydrogens is 532 g/mol. The average molecular weight is 599 g/mol. The van der Waals surface area contributed by atoms with Crippen molar-refractivity contribution < 1.29 is 19.7 Å². The van der Waals surface area contributed by atoms with Crippen LogP contribution in [0.2, 0.25) is 0 Å². The summed E-state index contributed by atoms with van der Waals surface area (Å²) in [7, 11) is 0. The summed E-state index contributed by atoms with van der Waals surface area (Å²) in [5.41, 5.74) is 1.25. The van der Waals surface area contributed by atoms with Crippen molar-refractivity contribution in [2.75, 3.05) is 13.2 Å². The van der Waals surface area contributed by atoms with Crippen LogP contribution in [0.15, 0.2) is 72.4 Å². The SMILES string of the molecule is CCCCC=C(C=CC=CC=CCCCCCCCCCCCC)C=CC=CCCCCCCCC(=O)OCC(O)CO. The van der Waals surface area contributed by atoms with Crippen LogP contribution in [0.4, 0.5) is 0 Å². The molecular formula is C39H66O4. The van der Waals surface area contributed by atoms with Crippen LogP contribution < -0.4 is 0 Å². The summed E-state index contributed by atoms with van der Waals surface area (Å²) in [6.45, 7) is 3.99. The maximum atomic E-state index is 11.6. The van der Waals surface area contributed by atoms with Gasteiger partial charge in [0, 0.05) is 6.42 Å². The maximum Gasteiger partial charge on any atom is 0.305 e. The van der Waals surface area contributed by atoms with Gasteiger partial charge in [-0.15, -0.1) is 0 Å². The molecule has 0 aliphatic carbocycles. The van der Waals surface area contributed by atoms with Crippen LogP contribution in [0.3, 0.4) is 0 Å². The van der Waals surface area contributed by atoms with E-state index in [0.29, 0.717) is 6.42 Å². The highest BCUT2D eigenvalue weighted by atomic mass is 16.5. The lowest BCUT2D eigenvalue weighted by Crippen LogP contribution is -2.21. The molecule has 0 spiro atoms. The van der Waals surface area contributed by atoms with Gasteiger partial charge in [-0.3, -0.25) is 4.79 Å². The Labute approximate surface area is 265 Å². The minimum Gasteiger partial charge on any atom is -0.463 e. The molecule has 0 aliphatic heterocycles. The first kappa shape index (κ1) is 40.8. The summed E-state index contributed by atoms with van der Waals surface area (Å²) in [6, 6.07) is 0. The quantitative estimate of drug-likeness (QED) is 0.0490. The van der Waals surface area contributed by atoms with Gasteiger partial charge < -0.3 is 14.9 Å². The van der Waals surface area contributed by atoms with Crippen LogP contribution in [0.1, 0.15) is 149 Å². The minimum atomic E-state index is -0.981. The van der Waals surface area contributed by atoms with E-state index in [1.165, 1.54) is 89.0 Å². The summed E-state index contributed by atoms with van der Waals surface area (Å²) in [5, 5.41) is 17.9. The molecule has 0 amide bonds. The second-order valence-corrected chi connectivity index (χ2v) is 11.6. The normalized spacial score (nSPS) is 13.5. The van der Waals surface area contributed by atoms with Gasteiger partial charge >= 0.3 is 5.97 Å². The number of hydrogen-bond acceptors (Lipinski definition) is 4. The van der Waals surface area contributed by atoms with Crippen molar-refractivity contribution in [1.82, 2.24) is 0 Å². The Morgan fingerprint density at radius 1 is 0.605 bits per heavy atom. The van der Waals surface area contributed by atoms with Crippen molar-refractivity contribution in [3.05, 3.63) is 72.4 Å². The van der Waals surface area contributed by atoms with Crippen molar-refractivity contribution in [3.63, 3.8) is 0 Å². The first-order valence-corrected chi connectivity index (χ1v) is 17.6. The zero-order valence-corrected chi connectivity index (χ0v) is 27.9. The highest BCUT2D eigenvalue weighted by molar-refractivity contribution is 5.69. The van der Waals surface area contributed by atoms with E-state index >= 15 is 0 Å². The van der Waals surface area contributed by atoms with Crippen LogP contribution in [0.5, 0.6) is 0 Å². The molecule has 0 heterocycles.